The molecule has 7 nitrogen and oxygen atoms in total. The lowest BCUT2D eigenvalue weighted by Crippen LogP contribution is -2.42. The van der Waals surface area contributed by atoms with Gasteiger partial charge in [0.05, 0.1) is 11.4 Å². The molecule has 1 amide bonds. The van der Waals surface area contributed by atoms with E-state index in [1.807, 2.05) is 24.0 Å². The van der Waals surface area contributed by atoms with Gasteiger partial charge in [0, 0.05) is 38.4 Å². The smallest absolute Gasteiger partial charge is 0.224 e. The normalized spacial score (nSPS) is 17.2. The highest BCUT2D eigenvalue weighted by molar-refractivity contribution is 14.0. The van der Waals surface area contributed by atoms with E-state index in [4.69, 9.17) is 0 Å². The number of hydrogen-bond acceptors (Lipinski definition) is 4. The third-order valence-electron chi connectivity index (χ3n) is 5.12. The van der Waals surface area contributed by atoms with Crippen LogP contribution in [-0.4, -0.2) is 63.7 Å². The van der Waals surface area contributed by atoms with Crippen molar-refractivity contribution in [1.82, 2.24) is 15.5 Å². The first-order valence-electron chi connectivity index (χ1n) is 10.4. The van der Waals surface area contributed by atoms with Crippen molar-refractivity contribution in [2.45, 2.75) is 56.9 Å². The molecule has 1 unspecified atom stereocenters. The highest BCUT2D eigenvalue weighted by Crippen LogP contribution is 2.17. The molecule has 1 saturated heterocycles. The molecular weight excluding hydrogens is 515 g/mol. The Morgan fingerprint density at radius 3 is 2.50 bits per heavy atom. The van der Waals surface area contributed by atoms with Crippen molar-refractivity contribution in [3.8, 4) is 0 Å². The van der Waals surface area contributed by atoms with E-state index in [0.29, 0.717) is 36.4 Å². The largest absolute Gasteiger partial charge is 0.357 e. The number of likely N-dealkylation sites (tertiary alicyclic amines) is 1. The summed E-state index contributed by atoms with van der Waals surface area (Å²) < 4.78 is 23.0. The molecule has 1 aromatic carbocycles. The highest BCUT2D eigenvalue weighted by atomic mass is 127. The Hall–Kier alpha value is -1.36. The van der Waals surface area contributed by atoms with Crippen molar-refractivity contribution in [3.05, 3.63) is 29.8 Å². The summed E-state index contributed by atoms with van der Waals surface area (Å²) >= 11 is 0. The summed E-state index contributed by atoms with van der Waals surface area (Å²) in [5.74, 6) is 0.877. The third kappa shape index (κ3) is 8.79. The Morgan fingerprint density at radius 1 is 1.20 bits per heavy atom. The fourth-order valence-corrected chi connectivity index (χ4v) is 4.08. The van der Waals surface area contributed by atoms with Crippen LogP contribution >= 0.6 is 24.0 Å². The van der Waals surface area contributed by atoms with E-state index in [9.17, 15) is 13.2 Å². The first-order chi connectivity index (χ1) is 13.8. The number of halogens is 1. The Kier molecular flexibility index (Phi) is 11.7. The Morgan fingerprint density at radius 2 is 1.90 bits per heavy atom. The molecule has 1 heterocycles. The Labute approximate surface area is 198 Å². The van der Waals surface area contributed by atoms with Crippen molar-refractivity contribution in [2.75, 3.05) is 32.4 Å². The molecule has 30 heavy (non-hydrogen) atoms. The summed E-state index contributed by atoms with van der Waals surface area (Å²) in [7, 11) is -3.17. The molecule has 0 spiro atoms. The van der Waals surface area contributed by atoms with Gasteiger partial charge in [0.2, 0.25) is 5.91 Å². The molecule has 0 bridgehead atoms. The SMILES string of the molecule is CCNC(=NCCC(=O)N1CCCCC1C)NCCc1ccc(S(C)(=O)=O)cc1.I. The van der Waals surface area contributed by atoms with Crippen LogP contribution < -0.4 is 10.6 Å². The molecule has 2 rings (SSSR count). The number of aliphatic imine (C=N–C) groups is 1. The zero-order chi connectivity index (χ0) is 21.3. The van der Waals surface area contributed by atoms with E-state index < -0.39 is 9.84 Å². The van der Waals surface area contributed by atoms with Gasteiger partial charge in [0.25, 0.3) is 0 Å². The number of nitrogens with one attached hydrogen (secondary N) is 2. The molecule has 1 aliphatic heterocycles. The van der Waals surface area contributed by atoms with Crippen molar-refractivity contribution < 1.29 is 13.2 Å². The predicted octanol–water partition coefficient (Wildman–Crippen LogP) is 2.60. The fourth-order valence-electron chi connectivity index (χ4n) is 3.45. The molecule has 2 N–H and O–H groups in total. The molecule has 0 aromatic heterocycles. The zero-order valence-electron chi connectivity index (χ0n) is 18.2. The summed E-state index contributed by atoms with van der Waals surface area (Å²) in [4.78, 5) is 19.3. The minimum absolute atomic E-state index is 0. The second-order valence-corrected chi connectivity index (χ2v) is 9.55. The maximum absolute atomic E-state index is 12.4. The molecule has 170 valence electrons. The number of amides is 1. The van der Waals surface area contributed by atoms with Crippen LogP contribution in [0.1, 0.15) is 45.1 Å². The summed E-state index contributed by atoms with van der Waals surface area (Å²) in [6, 6.07) is 7.27. The van der Waals surface area contributed by atoms with Crippen LogP contribution in [-0.2, 0) is 21.1 Å². The lowest BCUT2D eigenvalue weighted by molar-refractivity contribution is -0.134. The zero-order valence-corrected chi connectivity index (χ0v) is 21.3. The van der Waals surface area contributed by atoms with Gasteiger partial charge in [-0.15, -0.1) is 24.0 Å². The predicted molar refractivity (Wildman–Crippen MR) is 132 cm³/mol. The number of guanidine groups is 1. The van der Waals surface area contributed by atoms with E-state index >= 15 is 0 Å². The number of rotatable bonds is 8. The van der Waals surface area contributed by atoms with Gasteiger partial charge in [-0.1, -0.05) is 12.1 Å². The van der Waals surface area contributed by atoms with Crippen LogP contribution in [0.5, 0.6) is 0 Å². The maximum Gasteiger partial charge on any atom is 0.224 e. The molecule has 0 radical (unpaired) electrons. The van der Waals surface area contributed by atoms with Gasteiger partial charge in [0.1, 0.15) is 0 Å². The monoisotopic (exact) mass is 550 g/mol. The highest BCUT2D eigenvalue weighted by Gasteiger charge is 2.22. The second-order valence-electron chi connectivity index (χ2n) is 7.54. The van der Waals surface area contributed by atoms with Gasteiger partial charge in [-0.2, -0.15) is 0 Å². The first kappa shape index (κ1) is 26.7. The quantitative estimate of drug-likeness (QED) is 0.295. The van der Waals surface area contributed by atoms with E-state index in [2.05, 4.69) is 22.5 Å². The minimum atomic E-state index is -3.17. The summed E-state index contributed by atoms with van der Waals surface area (Å²) in [5.41, 5.74) is 1.05. The first-order valence-corrected chi connectivity index (χ1v) is 12.3. The molecular formula is C21H35IN4O3S. The Balaban J connectivity index is 0.00000450. The summed E-state index contributed by atoms with van der Waals surface area (Å²) in [6.45, 7) is 6.85. The standard InChI is InChI=1S/C21H34N4O3S.HI/c1-4-22-21(24-15-13-20(26)25-16-6-5-7-17(25)2)23-14-12-18-8-10-19(11-9-18)29(3,27)28;/h8-11,17H,4-7,12-16H2,1-3H3,(H2,22,23,24);1H. The average Bonchev–Trinajstić information content (AvgIpc) is 2.68. The minimum Gasteiger partial charge on any atom is -0.357 e. The number of carbonyl (C=O) groups is 1. The number of nitrogens with zero attached hydrogens (tertiary/aromatic N) is 2. The molecule has 0 saturated carbocycles. The van der Waals surface area contributed by atoms with Crippen molar-refractivity contribution >= 4 is 45.7 Å². The summed E-state index contributed by atoms with van der Waals surface area (Å²) in [6.07, 6.45) is 5.76. The van der Waals surface area contributed by atoms with Crippen molar-refractivity contribution in [2.24, 2.45) is 4.99 Å². The lowest BCUT2D eigenvalue weighted by atomic mass is 10.0. The second kappa shape index (κ2) is 13.1. The number of carbonyl (C=O) groups excluding carboxylic acids is 1. The molecule has 1 fully saturated rings. The van der Waals surface area contributed by atoms with E-state index in [-0.39, 0.29) is 29.9 Å². The van der Waals surface area contributed by atoms with E-state index in [0.717, 1.165) is 37.9 Å². The van der Waals surface area contributed by atoms with Crippen LogP contribution in [0.4, 0.5) is 0 Å². The number of hydrogen-bond donors (Lipinski definition) is 2. The van der Waals surface area contributed by atoms with Crippen LogP contribution in [0, 0.1) is 0 Å². The molecule has 1 aliphatic rings. The van der Waals surface area contributed by atoms with Crippen LogP contribution in [0.15, 0.2) is 34.2 Å². The fraction of sp³-hybridized carbons (Fsp3) is 0.619. The van der Waals surface area contributed by atoms with Gasteiger partial charge < -0.3 is 15.5 Å². The van der Waals surface area contributed by atoms with Crippen LogP contribution in [0.3, 0.4) is 0 Å². The molecule has 0 aliphatic carbocycles. The Bertz CT molecular complexity index is 797. The number of benzene rings is 1. The lowest BCUT2D eigenvalue weighted by Gasteiger charge is -2.33. The van der Waals surface area contributed by atoms with Gasteiger partial charge in [0.15, 0.2) is 15.8 Å². The maximum atomic E-state index is 12.4. The van der Waals surface area contributed by atoms with Gasteiger partial charge in [-0.3, -0.25) is 9.79 Å². The van der Waals surface area contributed by atoms with Gasteiger partial charge >= 0.3 is 0 Å². The molecule has 1 aromatic rings. The number of sulfone groups is 1. The van der Waals surface area contributed by atoms with Gasteiger partial charge in [-0.25, -0.2) is 8.42 Å². The number of piperidine rings is 1. The topological polar surface area (TPSA) is 90.9 Å². The van der Waals surface area contributed by atoms with Crippen LogP contribution in [0.25, 0.3) is 0 Å². The molecule has 9 heteroatoms. The van der Waals surface area contributed by atoms with E-state index in [1.165, 1.54) is 12.7 Å². The molecule has 1 atom stereocenters. The van der Waals surface area contributed by atoms with Gasteiger partial charge in [-0.05, 0) is 57.2 Å². The summed E-state index contributed by atoms with van der Waals surface area (Å²) in [5, 5.41) is 6.47. The third-order valence-corrected chi connectivity index (χ3v) is 6.25. The van der Waals surface area contributed by atoms with Crippen molar-refractivity contribution in [3.63, 3.8) is 0 Å². The average molecular weight is 551 g/mol. The van der Waals surface area contributed by atoms with Crippen molar-refractivity contribution in [1.29, 1.82) is 0 Å². The van der Waals surface area contributed by atoms with Crippen LogP contribution in [0.2, 0.25) is 0 Å². The van der Waals surface area contributed by atoms with E-state index in [1.54, 1.807) is 12.1 Å².